The number of fused-ring (bicyclic) bond motifs is 1. The van der Waals surface area contributed by atoms with E-state index in [1.54, 1.807) is 24.4 Å². The Balaban J connectivity index is 0.000000515. The molecule has 1 aliphatic carbocycles. The Hall–Kier alpha value is -4.15. The summed E-state index contributed by atoms with van der Waals surface area (Å²) < 4.78 is 21.7. The van der Waals surface area contributed by atoms with Crippen molar-refractivity contribution in [2.24, 2.45) is 16.6 Å². The molecule has 4 heterocycles. The molecular formula is C34H36FN5O4S. The highest BCUT2D eigenvalue weighted by molar-refractivity contribution is 7.22. The van der Waals surface area contributed by atoms with Gasteiger partial charge in [-0.25, -0.2) is 9.18 Å². The minimum Gasteiger partial charge on any atom is -0.453 e. The number of likely N-dealkylation sites (tertiary alicyclic amines) is 1. The molecule has 11 heteroatoms. The Morgan fingerprint density at radius 1 is 1.07 bits per heavy atom. The number of nitrogens with zero attached hydrogens (tertiary/aromatic N) is 4. The average molecular weight is 630 g/mol. The van der Waals surface area contributed by atoms with Gasteiger partial charge in [-0.05, 0) is 87.0 Å². The predicted octanol–water partition coefficient (Wildman–Crippen LogP) is 6.04. The number of nitrogens with two attached hydrogens (primary N) is 1. The lowest BCUT2D eigenvalue weighted by Gasteiger charge is -2.29. The van der Waals surface area contributed by atoms with Crippen LogP contribution < -0.4 is 10.5 Å². The van der Waals surface area contributed by atoms with Crippen molar-refractivity contribution in [3.05, 3.63) is 71.8 Å². The lowest BCUT2D eigenvalue weighted by atomic mass is 10.0. The first-order chi connectivity index (χ1) is 21.8. The number of benzene rings is 1. The fourth-order valence-electron chi connectivity index (χ4n) is 5.10. The van der Waals surface area contributed by atoms with Crippen molar-refractivity contribution in [3.63, 3.8) is 0 Å². The van der Waals surface area contributed by atoms with Gasteiger partial charge in [-0.1, -0.05) is 12.1 Å². The normalized spacial score (nSPS) is 15.2. The van der Waals surface area contributed by atoms with Crippen LogP contribution in [0.1, 0.15) is 50.2 Å². The fourth-order valence-corrected chi connectivity index (χ4v) is 6.14. The smallest absolute Gasteiger partial charge is 0.235 e. The zero-order valence-electron chi connectivity index (χ0n) is 25.2. The molecule has 2 aliphatic rings. The number of halogens is 1. The van der Waals surface area contributed by atoms with Gasteiger partial charge < -0.3 is 10.5 Å². The van der Waals surface area contributed by atoms with Crippen LogP contribution in [0.4, 0.5) is 4.39 Å². The number of hydrogen-bond acceptors (Lipinski definition) is 10. The topological polar surface area (TPSA) is 128 Å². The third-order valence-corrected chi connectivity index (χ3v) is 8.85. The molecule has 1 aliphatic heterocycles. The van der Waals surface area contributed by atoms with E-state index in [4.69, 9.17) is 15.5 Å². The minimum absolute atomic E-state index is 0.0382. The molecule has 0 radical (unpaired) electrons. The summed E-state index contributed by atoms with van der Waals surface area (Å²) in [6, 6.07) is 13.0. The van der Waals surface area contributed by atoms with E-state index < -0.39 is 5.82 Å². The monoisotopic (exact) mass is 629 g/mol. The molecule has 234 valence electrons. The molecule has 2 fully saturated rings. The second-order valence-electron chi connectivity index (χ2n) is 11.6. The molecule has 2 N–H and O–H groups in total. The number of carbonyl (C=O) groups is 2. The van der Waals surface area contributed by atoms with Gasteiger partial charge in [0.15, 0.2) is 17.3 Å². The van der Waals surface area contributed by atoms with Gasteiger partial charge in [0.25, 0.3) is 0 Å². The SMILES string of the molecule is CC(=O)CN=C=O.NC1CCN(Cc2ccc(-c3cc4nccc(Oc5ccc(CC(=O)CC6CC6)cc5F)c4s3)nc2)CC1. The summed E-state index contributed by atoms with van der Waals surface area (Å²) in [7, 11) is 0. The van der Waals surface area contributed by atoms with E-state index in [9.17, 15) is 18.8 Å². The molecule has 6 rings (SSSR count). The van der Waals surface area contributed by atoms with Gasteiger partial charge in [0.1, 0.15) is 18.1 Å². The van der Waals surface area contributed by atoms with Crippen LogP contribution >= 0.6 is 11.3 Å². The summed E-state index contributed by atoms with van der Waals surface area (Å²) in [4.78, 5) is 47.0. The number of ether oxygens (including phenoxy) is 1. The number of aliphatic imine (C=N–C) groups is 1. The Labute approximate surface area is 265 Å². The van der Waals surface area contributed by atoms with Crippen molar-refractivity contribution in [2.75, 3.05) is 19.6 Å². The van der Waals surface area contributed by atoms with E-state index >= 15 is 0 Å². The van der Waals surface area contributed by atoms with Crippen molar-refractivity contribution >= 4 is 39.2 Å². The molecule has 0 unspecified atom stereocenters. The molecule has 9 nitrogen and oxygen atoms in total. The highest BCUT2D eigenvalue weighted by atomic mass is 32.1. The fraction of sp³-hybridized carbons (Fsp3) is 0.382. The highest BCUT2D eigenvalue weighted by Crippen LogP contribution is 2.39. The van der Waals surface area contributed by atoms with Crippen LogP contribution in [0.2, 0.25) is 0 Å². The minimum atomic E-state index is -0.476. The number of rotatable bonds is 11. The van der Waals surface area contributed by atoms with Gasteiger partial charge in [0.2, 0.25) is 6.08 Å². The number of isocyanates is 1. The summed E-state index contributed by atoms with van der Waals surface area (Å²) in [5, 5.41) is 0. The summed E-state index contributed by atoms with van der Waals surface area (Å²) in [5.41, 5.74) is 9.53. The third-order valence-electron chi connectivity index (χ3n) is 7.69. The number of piperidine rings is 1. The van der Waals surface area contributed by atoms with Crippen LogP contribution in [0.15, 0.2) is 59.9 Å². The molecule has 4 aromatic rings. The van der Waals surface area contributed by atoms with E-state index in [0.717, 1.165) is 66.1 Å². The van der Waals surface area contributed by atoms with Crippen molar-refractivity contribution < 1.29 is 23.5 Å². The zero-order valence-corrected chi connectivity index (χ0v) is 26.0. The predicted molar refractivity (Wildman–Crippen MR) is 172 cm³/mol. The molecule has 1 saturated heterocycles. The molecule has 45 heavy (non-hydrogen) atoms. The molecule has 1 saturated carbocycles. The zero-order chi connectivity index (χ0) is 31.8. The van der Waals surface area contributed by atoms with E-state index in [0.29, 0.717) is 29.7 Å². The van der Waals surface area contributed by atoms with Gasteiger partial charge in [0, 0.05) is 43.9 Å². The van der Waals surface area contributed by atoms with E-state index in [1.807, 2.05) is 18.3 Å². The maximum Gasteiger partial charge on any atom is 0.235 e. The molecule has 3 aromatic heterocycles. The van der Waals surface area contributed by atoms with E-state index in [1.165, 1.54) is 36.0 Å². The molecule has 0 atom stereocenters. The second kappa shape index (κ2) is 15.2. The first-order valence-corrected chi connectivity index (χ1v) is 15.9. The number of ketones is 2. The summed E-state index contributed by atoms with van der Waals surface area (Å²) in [5.74, 6) is 0.780. The van der Waals surface area contributed by atoms with Gasteiger partial charge >= 0.3 is 0 Å². The van der Waals surface area contributed by atoms with Crippen molar-refractivity contribution in [3.8, 4) is 22.1 Å². The van der Waals surface area contributed by atoms with Crippen LogP contribution in [0.25, 0.3) is 20.8 Å². The number of Topliss-reactive ketones (excluding diaryl/α,β-unsaturated/α-hetero) is 2. The summed E-state index contributed by atoms with van der Waals surface area (Å²) in [6.07, 6.45) is 10.1. The second-order valence-corrected chi connectivity index (χ2v) is 12.7. The Bertz CT molecular complexity index is 1690. The van der Waals surface area contributed by atoms with Gasteiger partial charge in [0.05, 0.1) is 20.8 Å². The molecule has 0 amide bonds. The van der Waals surface area contributed by atoms with Crippen molar-refractivity contribution in [1.82, 2.24) is 14.9 Å². The van der Waals surface area contributed by atoms with Crippen LogP contribution in [0, 0.1) is 11.7 Å². The number of pyridine rings is 2. The van der Waals surface area contributed by atoms with Gasteiger partial charge in [-0.2, -0.15) is 4.99 Å². The summed E-state index contributed by atoms with van der Waals surface area (Å²) >= 11 is 1.53. The summed E-state index contributed by atoms with van der Waals surface area (Å²) in [6.45, 7) is 4.25. The maximum absolute atomic E-state index is 14.9. The molecule has 0 spiro atoms. The molecule has 1 aromatic carbocycles. The standard InChI is InChI=1S/C30H31FN4O2S.C4H5NO2/c31-24-15-20(14-23(36)13-19-1-2-19)4-6-27(24)37-28-7-10-33-26-16-29(38-30(26)28)25-5-3-21(17-34-25)18-35-11-8-22(32)9-12-35;1-4(7)2-5-3-6/h3-7,10,15-17,19,22H,1-2,8-9,11-14,18,32H2;2H2,1H3. The van der Waals surface area contributed by atoms with Crippen molar-refractivity contribution in [1.29, 1.82) is 0 Å². The first-order valence-electron chi connectivity index (χ1n) is 15.1. The molecule has 0 bridgehead atoms. The number of carbonyl (C=O) groups excluding carboxylic acids is 3. The Morgan fingerprint density at radius 2 is 1.84 bits per heavy atom. The lowest BCUT2D eigenvalue weighted by molar-refractivity contribution is -0.119. The lowest BCUT2D eigenvalue weighted by Crippen LogP contribution is -2.39. The quantitative estimate of drug-likeness (QED) is 0.157. The third kappa shape index (κ3) is 9.42. The van der Waals surface area contributed by atoms with Crippen LogP contribution in [-0.4, -0.2) is 58.2 Å². The van der Waals surface area contributed by atoms with Crippen LogP contribution in [0.5, 0.6) is 11.5 Å². The number of aromatic nitrogens is 2. The largest absolute Gasteiger partial charge is 0.453 e. The number of hydrogen-bond donors (Lipinski definition) is 1. The Morgan fingerprint density at radius 3 is 2.49 bits per heavy atom. The first kappa shape index (κ1) is 32.2. The van der Waals surface area contributed by atoms with Gasteiger partial charge in [-0.3, -0.25) is 24.5 Å². The highest BCUT2D eigenvalue weighted by Gasteiger charge is 2.24. The molecular weight excluding hydrogens is 593 g/mol. The van der Waals surface area contributed by atoms with Crippen LogP contribution in [0.3, 0.4) is 0 Å². The van der Waals surface area contributed by atoms with Crippen LogP contribution in [-0.2, 0) is 27.3 Å². The van der Waals surface area contributed by atoms with Crippen molar-refractivity contribution in [2.45, 2.75) is 58.0 Å². The van der Waals surface area contributed by atoms with E-state index in [-0.39, 0.29) is 30.3 Å². The average Bonchev–Trinajstić information content (AvgIpc) is 3.72. The number of thiophene rings is 1. The maximum atomic E-state index is 14.9. The van der Waals surface area contributed by atoms with Gasteiger partial charge in [-0.15, -0.1) is 11.3 Å². The van der Waals surface area contributed by atoms with E-state index in [2.05, 4.69) is 20.9 Å². The Kier molecular flexibility index (Phi) is 10.9.